The van der Waals surface area contributed by atoms with E-state index in [0.717, 1.165) is 0 Å². The molecule has 0 bridgehead atoms. The Morgan fingerprint density at radius 3 is 2.29 bits per heavy atom. The Morgan fingerprint density at radius 1 is 1.29 bits per heavy atom. The smallest absolute Gasteiger partial charge is 0.411 e. The van der Waals surface area contributed by atoms with Crippen LogP contribution in [0.3, 0.4) is 0 Å². The molecule has 0 spiro atoms. The quantitative estimate of drug-likeness (QED) is 0.823. The molecule has 0 atom stereocenters. The number of carbonyl (C=O) groups is 1. The number of alkyl halides is 1. The van der Waals surface area contributed by atoms with Gasteiger partial charge in [0.05, 0.1) is 7.11 Å². The second kappa shape index (κ2) is 5.74. The van der Waals surface area contributed by atoms with Gasteiger partial charge in [-0.05, 0) is 24.3 Å². The maximum absolute atomic E-state index is 11.1. The van der Waals surface area contributed by atoms with E-state index in [9.17, 15) is 13.2 Å². The number of sulfonamides is 1. The Hall–Kier alpha value is -1.47. The second-order valence-electron chi connectivity index (χ2n) is 3.02. The first kappa shape index (κ1) is 13.6. The minimum absolute atomic E-state index is 0.362. The predicted octanol–water partition coefficient (Wildman–Crippen LogP) is 1.80. The molecular formula is C9H11ClN2O4S. The molecule has 1 rings (SSSR count). The first-order valence-electron chi connectivity index (χ1n) is 4.48. The summed E-state index contributed by atoms with van der Waals surface area (Å²) in [5.41, 5.74) is 0.853. The van der Waals surface area contributed by atoms with E-state index in [-0.39, 0.29) is 0 Å². The lowest BCUT2D eigenvalue weighted by atomic mass is 10.3. The van der Waals surface area contributed by atoms with Crippen LogP contribution in [-0.4, -0.2) is 26.8 Å². The van der Waals surface area contributed by atoms with Crippen molar-refractivity contribution in [1.82, 2.24) is 0 Å². The molecule has 0 aliphatic rings. The van der Waals surface area contributed by atoms with Gasteiger partial charge in [-0.2, -0.15) is 0 Å². The number of ether oxygens (including phenoxy) is 1. The number of halogens is 1. The van der Waals surface area contributed by atoms with Crippen LogP contribution in [0.2, 0.25) is 0 Å². The molecule has 6 nitrogen and oxygen atoms in total. The highest BCUT2D eigenvalue weighted by Crippen LogP contribution is 2.15. The van der Waals surface area contributed by atoms with Crippen LogP contribution < -0.4 is 10.0 Å². The van der Waals surface area contributed by atoms with Crippen LogP contribution in [0.5, 0.6) is 0 Å². The Balaban J connectivity index is 2.72. The van der Waals surface area contributed by atoms with E-state index >= 15 is 0 Å². The number of methoxy groups -OCH3 is 1. The molecule has 0 saturated heterocycles. The molecule has 17 heavy (non-hydrogen) atoms. The number of hydrogen-bond acceptors (Lipinski definition) is 4. The Labute approximate surface area is 104 Å². The first-order chi connectivity index (χ1) is 7.96. The van der Waals surface area contributed by atoms with Crippen LogP contribution in [0, 0.1) is 0 Å². The van der Waals surface area contributed by atoms with E-state index in [1.165, 1.54) is 31.4 Å². The van der Waals surface area contributed by atoms with Gasteiger partial charge in [-0.25, -0.2) is 13.2 Å². The standard InChI is InChI=1S/C9H11ClN2O4S/c1-16-9(13)11-7-2-4-8(5-3-7)12-17(14,15)6-10/h2-5,12H,6H2,1H3,(H,11,13). The third-order valence-corrected chi connectivity index (χ3v) is 3.43. The molecule has 0 fully saturated rings. The molecule has 0 unspecified atom stereocenters. The zero-order valence-electron chi connectivity index (χ0n) is 8.94. The normalized spacial score (nSPS) is 10.7. The third kappa shape index (κ3) is 4.49. The summed E-state index contributed by atoms with van der Waals surface area (Å²) in [5, 5.41) is 1.91. The lowest BCUT2D eigenvalue weighted by molar-refractivity contribution is 0.187. The molecule has 8 heteroatoms. The maximum atomic E-state index is 11.1. The van der Waals surface area contributed by atoms with Gasteiger partial charge < -0.3 is 4.74 Å². The number of rotatable bonds is 4. The molecule has 0 heterocycles. The fraction of sp³-hybridized carbons (Fsp3) is 0.222. The summed E-state index contributed by atoms with van der Waals surface area (Å²) in [5.74, 6) is 0. The first-order valence-corrected chi connectivity index (χ1v) is 6.67. The van der Waals surface area contributed by atoms with Crippen molar-refractivity contribution in [2.45, 2.75) is 0 Å². The average molecular weight is 279 g/mol. The summed E-state index contributed by atoms with van der Waals surface area (Å²) in [4.78, 5) is 10.9. The fourth-order valence-corrected chi connectivity index (χ4v) is 1.71. The molecule has 0 aliphatic heterocycles. The minimum atomic E-state index is -3.51. The van der Waals surface area contributed by atoms with Crippen molar-refractivity contribution in [1.29, 1.82) is 0 Å². The maximum Gasteiger partial charge on any atom is 0.411 e. The molecule has 0 saturated carbocycles. The van der Waals surface area contributed by atoms with E-state index in [1.54, 1.807) is 0 Å². The van der Waals surface area contributed by atoms with Gasteiger partial charge in [0, 0.05) is 11.4 Å². The van der Waals surface area contributed by atoms with Crippen molar-refractivity contribution in [2.75, 3.05) is 22.4 Å². The van der Waals surface area contributed by atoms with E-state index in [2.05, 4.69) is 14.8 Å². The summed E-state index contributed by atoms with van der Waals surface area (Å²) in [6.07, 6.45) is -0.598. The summed E-state index contributed by atoms with van der Waals surface area (Å²) < 4.78 is 29.0. The van der Waals surface area contributed by atoms with Crippen LogP contribution in [0.25, 0.3) is 0 Å². The van der Waals surface area contributed by atoms with Crippen LogP contribution in [-0.2, 0) is 14.8 Å². The van der Waals surface area contributed by atoms with Crippen molar-refractivity contribution in [2.24, 2.45) is 0 Å². The lowest BCUT2D eigenvalue weighted by Crippen LogP contribution is -2.14. The summed E-state index contributed by atoms with van der Waals surface area (Å²) in [6, 6.07) is 6.05. The van der Waals surface area contributed by atoms with Gasteiger partial charge in [-0.1, -0.05) is 0 Å². The van der Waals surface area contributed by atoms with Gasteiger partial charge in [0.1, 0.15) is 5.21 Å². The van der Waals surface area contributed by atoms with Crippen LogP contribution in [0.1, 0.15) is 0 Å². The molecule has 1 amide bonds. The Bertz CT molecular complexity index is 486. The van der Waals surface area contributed by atoms with Crippen molar-refractivity contribution in [3.05, 3.63) is 24.3 Å². The molecule has 2 N–H and O–H groups in total. The number of amides is 1. The monoisotopic (exact) mass is 278 g/mol. The van der Waals surface area contributed by atoms with Crippen LogP contribution in [0.15, 0.2) is 24.3 Å². The zero-order chi connectivity index (χ0) is 12.9. The number of hydrogen-bond donors (Lipinski definition) is 2. The van der Waals surface area contributed by atoms with Gasteiger partial charge in [-0.15, -0.1) is 11.6 Å². The predicted molar refractivity (Wildman–Crippen MR) is 65.7 cm³/mol. The van der Waals surface area contributed by atoms with Gasteiger partial charge in [0.2, 0.25) is 10.0 Å². The molecule has 94 valence electrons. The molecule has 1 aromatic carbocycles. The summed E-state index contributed by atoms with van der Waals surface area (Å²) in [7, 11) is -2.26. The van der Waals surface area contributed by atoms with Gasteiger partial charge in [0.25, 0.3) is 0 Å². The van der Waals surface area contributed by atoms with E-state index in [4.69, 9.17) is 11.6 Å². The summed E-state index contributed by atoms with van der Waals surface area (Å²) in [6.45, 7) is 0. The topological polar surface area (TPSA) is 84.5 Å². The lowest BCUT2D eigenvalue weighted by Gasteiger charge is -2.07. The Kier molecular flexibility index (Phi) is 4.59. The Morgan fingerprint density at radius 2 is 1.82 bits per heavy atom. The largest absolute Gasteiger partial charge is 0.453 e. The molecular weight excluding hydrogens is 268 g/mol. The average Bonchev–Trinajstić information content (AvgIpc) is 2.31. The van der Waals surface area contributed by atoms with Crippen LogP contribution in [0.4, 0.5) is 16.2 Å². The van der Waals surface area contributed by atoms with E-state index < -0.39 is 21.3 Å². The number of carbonyl (C=O) groups excluding carboxylic acids is 1. The van der Waals surface area contributed by atoms with Crippen molar-refractivity contribution >= 4 is 39.1 Å². The van der Waals surface area contributed by atoms with Gasteiger partial charge in [0.15, 0.2) is 0 Å². The number of anilines is 2. The number of nitrogens with one attached hydrogen (secondary N) is 2. The van der Waals surface area contributed by atoms with Crippen LogP contribution >= 0.6 is 11.6 Å². The molecule has 0 aromatic heterocycles. The van der Waals surface area contributed by atoms with E-state index in [0.29, 0.717) is 11.4 Å². The van der Waals surface area contributed by atoms with Crippen molar-refractivity contribution in [3.63, 3.8) is 0 Å². The van der Waals surface area contributed by atoms with Gasteiger partial charge >= 0.3 is 6.09 Å². The highest BCUT2D eigenvalue weighted by molar-refractivity contribution is 7.93. The highest BCUT2D eigenvalue weighted by Gasteiger charge is 2.07. The summed E-state index contributed by atoms with van der Waals surface area (Å²) >= 11 is 5.24. The van der Waals surface area contributed by atoms with Crippen molar-refractivity contribution in [3.8, 4) is 0 Å². The SMILES string of the molecule is COC(=O)Nc1ccc(NS(=O)(=O)CCl)cc1. The molecule has 0 aliphatic carbocycles. The highest BCUT2D eigenvalue weighted by atomic mass is 35.5. The zero-order valence-corrected chi connectivity index (χ0v) is 10.5. The van der Waals surface area contributed by atoms with E-state index in [1.807, 2.05) is 0 Å². The van der Waals surface area contributed by atoms with Crippen molar-refractivity contribution < 1.29 is 17.9 Å². The molecule has 1 aromatic rings. The van der Waals surface area contributed by atoms with Gasteiger partial charge in [-0.3, -0.25) is 10.0 Å². The third-order valence-electron chi connectivity index (χ3n) is 1.73. The fourth-order valence-electron chi connectivity index (χ4n) is 0.997. The second-order valence-corrected chi connectivity index (χ2v) is 5.33. The number of benzene rings is 1. The molecule has 0 radical (unpaired) electrons. The minimum Gasteiger partial charge on any atom is -0.453 e.